The van der Waals surface area contributed by atoms with Crippen molar-refractivity contribution in [3.63, 3.8) is 0 Å². The number of fused-ring (bicyclic) bond motifs is 9. The van der Waals surface area contributed by atoms with E-state index < -0.39 is 0 Å². The van der Waals surface area contributed by atoms with E-state index >= 15 is 0 Å². The Labute approximate surface area is 332 Å². The lowest BCUT2D eigenvalue weighted by Gasteiger charge is -2.28. The Bertz CT molecular complexity index is 3000. The highest BCUT2D eigenvalue weighted by Gasteiger charge is 2.37. The van der Waals surface area contributed by atoms with Gasteiger partial charge in [-0.25, -0.2) is 0 Å². The lowest BCUT2D eigenvalue weighted by molar-refractivity contribution is 0.269. The van der Waals surface area contributed by atoms with Crippen LogP contribution in [0.4, 0.5) is 11.4 Å². The van der Waals surface area contributed by atoms with Gasteiger partial charge in [0, 0.05) is 45.2 Å². The molecule has 7 aromatic carbocycles. The molecule has 4 atom stereocenters. The van der Waals surface area contributed by atoms with E-state index in [1.165, 1.54) is 77.7 Å². The molecule has 0 radical (unpaired) electrons. The number of para-hydroxylation sites is 1. The van der Waals surface area contributed by atoms with Crippen molar-refractivity contribution >= 4 is 33.2 Å². The van der Waals surface area contributed by atoms with Crippen LogP contribution in [0.25, 0.3) is 60.9 Å². The van der Waals surface area contributed by atoms with Gasteiger partial charge in [-0.15, -0.1) is 0 Å². The maximum Gasteiger partial charge on any atom is 0.128 e. The van der Waals surface area contributed by atoms with E-state index in [9.17, 15) is 0 Å². The first kappa shape index (κ1) is 32.2. The van der Waals surface area contributed by atoms with Crippen LogP contribution in [-0.2, 0) is 0 Å². The zero-order chi connectivity index (χ0) is 37.5. The molecule has 57 heavy (non-hydrogen) atoms. The molecule has 1 aromatic heterocycles. The fourth-order valence-corrected chi connectivity index (χ4v) is 9.72. The second-order valence-corrected chi connectivity index (χ2v) is 15.6. The molecule has 3 heterocycles. The van der Waals surface area contributed by atoms with E-state index in [-0.39, 0.29) is 24.0 Å². The molecule has 0 bridgehead atoms. The van der Waals surface area contributed by atoms with E-state index in [0.29, 0.717) is 0 Å². The van der Waals surface area contributed by atoms with Gasteiger partial charge >= 0.3 is 0 Å². The first-order valence-electron chi connectivity index (χ1n) is 20.0. The third-order valence-electron chi connectivity index (χ3n) is 12.5. The Morgan fingerprint density at radius 3 is 1.86 bits per heavy atom. The Hall–Kier alpha value is -7.10. The van der Waals surface area contributed by atoms with Crippen LogP contribution in [0.1, 0.15) is 23.0 Å². The summed E-state index contributed by atoms with van der Waals surface area (Å²) in [5, 5.41) is 2.52. The summed E-state index contributed by atoms with van der Waals surface area (Å²) in [6, 6.07) is 58.4. The summed E-state index contributed by atoms with van der Waals surface area (Å²) < 4.78 is 8.63. The van der Waals surface area contributed by atoms with Gasteiger partial charge < -0.3 is 14.2 Å². The van der Waals surface area contributed by atoms with Crippen LogP contribution >= 0.6 is 0 Å². The highest BCUT2D eigenvalue weighted by atomic mass is 16.5. The van der Waals surface area contributed by atoms with Crippen LogP contribution in [0.3, 0.4) is 0 Å². The number of allylic oxidation sites excluding steroid dienone is 4. The summed E-state index contributed by atoms with van der Waals surface area (Å²) >= 11 is 0. The second-order valence-electron chi connectivity index (χ2n) is 15.6. The molecule has 2 aliphatic heterocycles. The minimum Gasteiger partial charge on any atom is -0.485 e. The molecule has 12 rings (SSSR count). The van der Waals surface area contributed by atoms with Gasteiger partial charge in [0.1, 0.15) is 11.9 Å². The van der Waals surface area contributed by atoms with Gasteiger partial charge in [0.2, 0.25) is 0 Å². The molecular formula is C54H38N2O. The molecule has 0 spiro atoms. The van der Waals surface area contributed by atoms with Crippen molar-refractivity contribution in [3.8, 4) is 44.8 Å². The smallest absolute Gasteiger partial charge is 0.128 e. The standard InChI is InChI=1S/C54H38N2O/c1-2-10-35(11-3-1)36-18-25-41(26-19-36)55-49-15-7-4-12-43(49)46-32-39(22-29-51(46)55)40-23-30-52-47(33-40)44-13-5-8-16-50(44)56(52)42-27-20-37(21-28-42)38-24-31-54-48(34-38)45-14-6-9-17-53(45)57-54/h1-34,43,45,49,53H. The molecule has 0 saturated heterocycles. The van der Waals surface area contributed by atoms with Gasteiger partial charge in [0.25, 0.3) is 0 Å². The summed E-state index contributed by atoms with van der Waals surface area (Å²) in [6.45, 7) is 0. The van der Waals surface area contributed by atoms with E-state index in [1.54, 1.807) is 0 Å². The van der Waals surface area contributed by atoms with Crippen molar-refractivity contribution in [1.82, 2.24) is 4.57 Å². The molecule has 0 amide bonds. The number of nitrogens with zero attached hydrogens (tertiary/aromatic N) is 2. The monoisotopic (exact) mass is 730 g/mol. The summed E-state index contributed by atoms with van der Waals surface area (Å²) in [4.78, 5) is 2.51. The minimum absolute atomic E-state index is 0.0969. The minimum atomic E-state index is 0.0969. The van der Waals surface area contributed by atoms with Crippen LogP contribution < -0.4 is 9.64 Å². The molecule has 3 heteroatoms. The Morgan fingerprint density at radius 2 is 1.00 bits per heavy atom. The van der Waals surface area contributed by atoms with E-state index in [1.807, 2.05) is 0 Å². The SMILES string of the molecule is C1=CC2Oc3ccc(-c4ccc(-n5c6ccccc6c6cc(-c7ccc8c(c7)C7C=CC=CC7N8c7ccc(-c8ccccc8)cc7)ccc65)cc4)cc3C2C=C1. The molecule has 8 aromatic rings. The summed E-state index contributed by atoms with van der Waals surface area (Å²) in [6.07, 6.45) is 17.8. The quantitative estimate of drug-likeness (QED) is 0.175. The number of ether oxygens (including phenoxy) is 1. The lowest BCUT2D eigenvalue weighted by Crippen LogP contribution is -2.28. The molecule has 0 saturated carbocycles. The predicted molar refractivity (Wildman–Crippen MR) is 236 cm³/mol. The van der Waals surface area contributed by atoms with Crippen LogP contribution in [0.15, 0.2) is 206 Å². The van der Waals surface area contributed by atoms with Gasteiger partial charge in [-0.05, 0) is 112 Å². The Morgan fingerprint density at radius 1 is 0.404 bits per heavy atom. The summed E-state index contributed by atoms with van der Waals surface area (Å²) in [7, 11) is 0. The van der Waals surface area contributed by atoms with Crippen molar-refractivity contribution in [1.29, 1.82) is 0 Å². The number of benzene rings is 7. The van der Waals surface area contributed by atoms with Gasteiger partial charge in [-0.3, -0.25) is 0 Å². The van der Waals surface area contributed by atoms with Crippen LogP contribution in [0.5, 0.6) is 5.75 Å². The second kappa shape index (κ2) is 12.7. The number of hydrogen-bond acceptors (Lipinski definition) is 2. The first-order chi connectivity index (χ1) is 28.2. The average Bonchev–Trinajstić information content (AvgIpc) is 3.94. The zero-order valence-electron chi connectivity index (χ0n) is 31.2. The van der Waals surface area contributed by atoms with Gasteiger partial charge in [0.05, 0.1) is 17.1 Å². The molecular weight excluding hydrogens is 693 g/mol. The first-order valence-corrected chi connectivity index (χ1v) is 20.0. The van der Waals surface area contributed by atoms with Crippen molar-refractivity contribution in [2.45, 2.75) is 24.0 Å². The van der Waals surface area contributed by atoms with Gasteiger partial charge in [0.15, 0.2) is 0 Å². The van der Waals surface area contributed by atoms with Crippen LogP contribution in [0.2, 0.25) is 0 Å². The fraction of sp³-hybridized carbons (Fsp3) is 0.0741. The number of hydrogen-bond donors (Lipinski definition) is 0. The Kier molecular flexibility index (Phi) is 7.18. The average molecular weight is 731 g/mol. The normalized spacial score (nSPS) is 19.8. The number of anilines is 2. The van der Waals surface area contributed by atoms with Gasteiger partial charge in [-0.2, -0.15) is 0 Å². The molecule has 270 valence electrons. The highest BCUT2D eigenvalue weighted by Crippen LogP contribution is 2.49. The Balaban J connectivity index is 0.891. The largest absolute Gasteiger partial charge is 0.485 e. The molecule has 0 fully saturated rings. The number of aromatic nitrogens is 1. The predicted octanol–water partition coefficient (Wildman–Crippen LogP) is 13.5. The van der Waals surface area contributed by atoms with Crippen LogP contribution in [0, 0.1) is 0 Å². The van der Waals surface area contributed by atoms with Crippen molar-refractivity contribution in [3.05, 3.63) is 217 Å². The van der Waals surface area contributed by atoms with Crippen LogP contribution in [-0.4, -0.2) is 16.7 Å². The molecule has 3 nitrogen and oxygen atoms in total. The molecule has 4 aliphatic rings. The van der Waals surface area contributed by atoms with E-state index in [2.05, 4.69) is 216 Å². The van der Waals surface area contributed by atoms with Crippen molar-refractivity contribution in [2.75, 3.05) is 4.90 Å². The van der Waals surface area contributed by atoms with Crippen molar-refractivity contribution in [2.24, 2.45) is 0 Å². The maximum absolute atomic E-state index is 6.22. The van der Waals surface area contributed by atoms with E-state index in [4.69, 9.17) is 4.74 Å². The van der Waals surface area contributed by atoms with E-state index in [0.717, 1.165) is 11.4 Å². The number of rotatable bonds is 5. The maximum atomic E-state index is 6.22. The third kappa shape index (κ3) is 5.12. The molecule has 0 N–H and O–H groups in total. The fourth-order valence-electron chi connectivity index (χ4n) is 9.72. The van der Waals surface area contributed by atoms with Crippen molar-refractivity contribution < 1.29 is 4.74 Å². The highest BCUT2D eigenvalue weighted by molar-refractivity contribution is 6.10. The van der Waals surface area contributed by atoms with Gasteiger partial charge in [-0.1, -0.05) is 134 Å². The topological polar surface area (TPSA) is 17.4 Å². The summed E-state index contributed by atoms with van der Waals surface area (Å²) in [5.41, 5.74) is 16.1. The third-order valence-corrected chi connectivity index (χ3v) is 12.5. The molecule has 2 aliphatic carbocycles. The lowest BCUT2D eigenvalue weighted by atomic mass is 9.89. The summed E-state index contributed by atoms with van der Waals surface area (Å²) in [5.74, 6) is 1.56. The molecule has 4 unspecified atom stereocenters. The zero-order valence-corrected chi connectivity index (χ0v) is 31.2.